The number of Topliss-reactive ketones (excluding diaryl/α,β-unsaturated/α-hetero) is 1. The predicted molar refractivity (Wildman–Crippen MR) is 55.4 cm³/mol. The Morgan fingerprint density at radius 2 is 1.93 bits per heavy atom. The summed E-state index contributed by atoms with van der Waals surface area (Å²) in [5.41, 5.74) is 0. The van der Waals surface area contributed by atoms with Gasteiger partial charge < -0.3 is 19.5 Å². The van der Waals surface area contributed by atoms with Crippen molar-refractivity contribution in [1.29, 1.82) is 0 Å². The van der Waals surface area contributed by atoms with Gasteiger partial charge in [-0.25, -0.2) is 0 Å². The van der Waals surface area contributed by atoms with Gasteiger partial charge in [0.05, 0.1) is 13.0 Å². The van der Waals surface area contributed by atoms with Crippen molar-refractivity contribution in [1.82, 2.24) is 4.90 Å². The van der Waals surface area contributed by atoms with E-state index in [1.165, 1.54) is 6.92 Å². The van der Waals surface area contributed by atoms with E-state index in [0.29, 0.717) is 6.54 Å². The maximum Gasteiger partial charge on any atom is 0.306 e. The van der Waals surface area contributed by atoms with Gasteiger partial charge in [0, 0.05) is 13.0 Å². The lowest BCUT2D eigenvalue weighted by Crippen LogP contribution is -2.33. The van der Waals surface area contributed by atoms with Crippen LogP contribution in [0.4, 0.5) is 0 Å². The maximum atomic E-state index is 11.2. The number of aliphatic hydroxyl groups excluding tert-OH is 1. The Balaban J connectivity index is 3.85. The first-order valence-corrected chi connectivity index (χ1v) is 4.90. The smallest absolute Gasteiger partial charge is 0.306 e. The van der Waals surface area contributed by atoms with Crippen molar-refractivity contribution >= 4 is 11.8 Å². The number of aliphatic hydroxyl groups is 1. The predicted octanol–water partition coefficient (Wildman–Crippen LogP) is -0.179. The Morgan fingerprint density at radius 1 is 1.33 bits per heavy atom. The van der Waals surface area contributed by atoms with Gasteiger partial charge in [-0.2, -0.15) is 0 Å². The summed E-state index contributed by atoms with van der Waals surface area (Å²) in [5.74, 6) is -0.480. The molecule has 0 fully saturated rings. The summed E-state index contributed by atoms with van der Waals surface area (Å²) in [4.78, 5) is 23.6. The van der Waals surface area contributed by atoms with Crippen LogP contribution in [0.1, 0.15) is 19.8 Å². The van der Waals surface area contributed by atoms with Crippen LogP contribution in [-0.2, 0) is 14.3 Å². The highest BCUT2D eigenvalue weighted by molar-refractivity contribution is 5.81. The third kappa shape index (κ3) is 8.08. The number of rotatable bonds is 7. The van der Waals surface area contributed by atoms with Crippen molar-refractivity contribution in [2.45, 2.75) is 25.9 Å². The van der Waals surface area contributed by atoms with Crippen molar-refractivity contribution in [2.75, 3.05) is 27.2 Å². The van der Waals surface area contributed by atoms with E-state index in [-0.39, 0.29) is 25.2 Å². The van der Waals surface area contributed by atoms with E-state index in [2.05, 4.69) is 0 Å². The highest BCUT2D eigenvalue weighted by Crippen LogP contribution is 1.99. The molecule has 0 aliphatic rings. The van der Waals surface area contributed by atoms with Gasteiger partial charge in [-0.1, -0.05) is 0 Å². The summed E-state index contributed by atoms with van der Waals surface area (Å²) in [6, 6.07) is 0. The highest BCUT2D eigenvalue weighted by atomic mass is 16.6. The molecule has 1 atom stereocenters. The third-order valence-corrected chi connectivity index (χ3v) is 1.75. The van der Waals surface area contributed by atoms with E-state index in [1.807, 2.05) is 19.0 Å². The zero-order valence-electron chi connectivity index (χ0n) is 9.52. The molecule has 0 heterocycles. The van der Waals surface area contributed by atoms with Gasteiger partial charge in [0.25, 0.3) is 0 Å². The van der Waals surface area contributed by atoms with Crippen molar-refractivity contribution in [3.8, 4) is 0 Å². The molecule has 0 rings (SSSR count). The molecule has 0 aliphatic heterocycles. The zero-order chi connectivity index (χ0) is 11.8. The van der Waals surface area contributed by atoms with Crippen LogP contribution in [0.5, 0.6) is 0 Å². The maximum absolute atomic E-state index is 11.2. The van der Waals surface area contributed by atoms with Gasteiger partial charge in [0.15, 0.2) is 0 Å². The van der Waals surface area contributed by atoms with Crippen LogP contribution in [0.3, 0.4) is 0 Å². The zero-order valence-corrected chi connectivity index (χ0v) is 9.52. The van der Waals surface area contributed by atoms with Crippen LogP contribution < -0.4 is 0 Å². The van der Waals surface area contributed by atoms with E-state index in [1.54, 1.807) is 0 Å². The first-order chi connectivity index (χ1) is 6.95. The number of carbonyl (C=O) groups is 2. The Hall–Kier alpha value is -0.940. The first kappa shape index (κ1) is 14.1. The fraction of sp³-hybridized carbons (Fsp3) is 0.800. The van der Waals surface area contributed by atoms with Crippen molar-refractivity contribution in [3.05, 3.63) is 0 Å². The van der Waals surface area contributed by atoms with E-state index in [0.717, 1.165) is 0 Å². The SMILES string of the molecule is CC(=O)CCC(=O)O[C@H](CO)CN(C)C. The molecule has 0 spiro atoms. The molecule has 15 heavy (non-hydrogen) atoms. The van der Waals surface area contributed by atoms with Crippen molar-refractivity contribution < 1.29 is 19.4 Å². The molecular formula is C10H19NO4. The number of likely N-dealkylation sites (N-methyl/N-ethyl adjacent to an activating group) is 1. The molecule has 0 radical (unpaired) electrons. The number of esters is 1. The second-order valence-electron chi connectivity index (χ2n) is 3.76. The number of ketones is 1. The minimum absolute atomic E-state index is 0.0416. The van der Waals surface area contributed by atoms with Crippen LogP contribution in [0, 0.1) is 0 Å². The fourth-order valence-corrected chi connectivity index (χ4v) is 1.06. The van der Waals surface area contributed by atoms with Crippen LogP contribution in [0.15, 0.2) is 0 Å². The number of hydrogen-bond donors (Lipinski definition) is 1. The molecule has 0 unspecified atom stereocenters. The van der Waals surface area contributed by atoms with E-state index >= 15 is 0 Å². The van der Waals surface area contributed by atoms with Crippen molar-refractivity contribution in [2.24, 2.45) is 0 Å². The topological polar surface area (TPSA) is 66.8 Å². The summed E-state index contributed by atoms with van der Waals surface area (Å²) in [6.07, 6.45) is -0.238. The summed E-state index contributed by atoms with van der Waals surface area (Å²) in [7, 11) is 3.65. The summed E-state index contributed by atoms with van der Waals surface area (Å²) >= 11 is 0. The lowest BCUT2D eigenvalue weighted by atomic mass is 10.2. The average Bonchev–Trinajstić information content (AvgIpc) is 2.13. The number of hydrogen-bond acceptors (Lipinski definition) is 5. The van der Waals surface area contributed by atoms with Crippen molar-refractivity contribution in [3.63, 3.8) is 0 Å². The van der Waals surface area contributed by atoms with Gasteiger partial charge in [-0.3, -0.25) is 4.79 Å². The molecule has 0 saturated heterocycles. The fourth-order valence-electron chi connectivity index (χ4n) is 1.06. The Bertz CT molecular complexity index is 215. The quantitative estimate of drug-likeness (QED) is 0.599. The largest absolute Gasteiger partial charge is 0.459 e. The van der Waals surface area contributed by atoms with Gasteiger partial charge in [-0.05, 0) is 21.0 Å². The minimum Gasteiger partial charge on any atom is -0.459 e. The molecule has 0 bridgehead atoms. The molecule has 0 aromatic rings. The molecule has 0 aliphatic carbocycles. The number of nitrogens with zero attached hydrogens (tertiary/aromatic N) is 1. The minimum atomic E-state index is -0.514. The van der Waals surface area contributed by atoms with Gasteiger partial charge in [0.1, 0.15) is 11.9 Å². The lowest BCUT2D eigenvalue weighted by Gasteiger charge is -2.19. The van der Waals surface area contributed by atoms with E-state index in [9.17, 15) is 9.59 Å². The average molecular weight is 217 g/mol. The van der Waals surface area contributed by atoms with Gasteiger partial charge >= 0.3 is 5.97 Å². The second-order valence-corrected chi connectivity index (χ2v) is 3.76. The van der Waals surface area contributed by atoms with Crippen LogP contribution in [-0.4, -0.2) is 55.1 Å². The van der Waals surface area contributed by atoms with Crippen LogP contribution in [0.25, 0.3) is 0 Å². The molecule has 1 N–H and O–H groups in total. The van der Waals surface area contributed by atoms with E-state index < -0.39 is 12.1 Å². The van der Waals surface area contributed by atoms with Crippen LogP contribution >= 0.6 is 0 Å². The molecular weight excluding hydrogens is 198 g/mol. The normalized spacial score (nSPS) is 12.6. The summed E-state index contributed by atoms with van der Waals surface area (Å²) in [5, 5.41) is 8.93. The monoisotopic (exact) mass is 217 g/mol. The molecule has 0 aromatic heterocycles. The summed E-state index contributed by atoms with van der Waals surface area (Å²) < 4.78 is 4.98. The Kier molecular flexibility index (Phi) is 6.90. The number of carbonyl (C=O) groups excluding carboxylic acids is 2. The van der Waals surface area contributed by atoms with Gasteiger partial charge in [-0.15, -0.1) is 0 Å². The Morgan fingerprint density at radius 3 is 2.33 bits per heavy atom. The molecule has 0 aromatic carbocycles. The Labute approximate surface area is 90.0 Å². The highest BCUT2D eigenvalue weighted by Gasteiger charge is 2.14. The summed E-state index contributed by atoms with van der Waals surface area (Å²) in [6.45, 7) is 1.70. The standard InChI is InChI=1S/C10H19NO4/c1-8(13)4-5-10(14)15-9(7-12)6-11(2)3/h9,12H,4-7H2,1-3H3/t9-/m0/s1. The molecule has 5 nitrogen and oxygen atoms in total. The van der Waals surface area contributed by atoms with Crippen LogP contribution in [0.2, 0.25) is 0 Å². The number of ether oxygens (including phenoxy) is 1. The van der Waals surface area contributed by atoms with Gasteiger partial charge in [0.2, 0.25) is 0 Å². The van der Waals surface area contributed by atoms with E-state index in [4.69, 9.17) is 9.84 Å². The lowest BCUT2D eigenvalue weighted by molar-refractivity contribution is -0.152. The molecule has 5 heteroatoms. The second kappa shape index (κ2) is 7.36. The third-order valence-electron chi connectivity index (χ3n) is 1.75. The first-order valence-electron chi connectivity index (χ1n) is 4.90. The molecule has 0 amide bonds. The molecule has 0 saturated carbocycles. The molecule has 88 valence electrons.